The summed E-state index contributed by atoms with van der Waals surface area (Å²) in [6.07, 6.45) is 1.56. The first-order valence-corrected chi connectivity index (χ1v) is 7.28. The van der Waals surface area contributed by atoms with Crippen LogP contribution in [-0.2, 0) is 11.4 Å². The maximum absolute atomic E-state index is 11.7. The fraction of sp³-hybridized carbons (Fsp3) is 0.222. The Kier molecular flexibility index (Phi) is 4.06. The number of hydrogen-bond acceptors (Lipinski definition) is 3. The second kappa shape index (κ2) is 6.31. The summed E-state index contributed by atoms with van der Waals surface area (Å²) < 4.78 is 5.72. The van der Waals surface area contributed by atoms with Gasteiger partial charge in [0, 0.05) is 18.7 Å². The van der Waals surface area contributed by atoms with Gasteiger partial charge in [0.15, 0.2) is 0 Å². The van der Waals surface area contributed by atoms with Crippen molar-refractivity contribution in [3.05, 3.63) is 59.7 Å². The molecule has 1 fully saturated rings. The summed E-state index contributed by atoms with van der Waals surface area (Å²) in [6.45, 7) is 1.25. The van der Waals surface area contributed by atoms with E-state index >= 15 is 0 Å². The van der Waals surface area contributed by atoms with Gasteiger partial charge in [-0.25, -0.2) is 0 Å². The SMILES string of the molecule is N#Cc1ccc(COc2ccc(N3CCCC3=O)cc2)cc1. The van der Waals surface area contributed by atoms with E-state index in [1.165, 1.54) is 0 Å². The van der Waals surface area contributed by atoms with Gasteiger partial charge in [-0.05, 0) is 48.4 Å². The van der Waals surface area contributed by atoms with E-state index in [-0.39, 0.29) is 5.91 Å². The van der Waals surface area contributed by atoms with Gasteiger partial charge < -0.3 is 9.64 Å². The first-order valence-electron chi connectivity index (χ1n) is 7.28. The van der Waals surface area contributed by atoms with Crippen molar-refractivity contribution in [2.75, 3.05) is 11.4 Å². The third-order valence-electron chi connectivity index (χ3n) is 3.71. The van der Waals surface area contributed by atoms with E-state index in [9.17, 15) is 4.79 Å². The van der Waals surface area contributed by atoms with Crippen LogP contribution in [0.1, 0.15) is 24.0 Å². The fourth-order valence-corrected chi connectivity index (χ4v) is 2.49. The van der Waals surface area contributed by atoms with Crippen molar-refractivity contribution in [2.45, 2.75) is 19.4 Å². The molecule has 4 nitrogen and oxygen atoms in total. The average molecular weight is 292 g/mol. The van der Waals surface area contributed by atoms with Crippen LogP contribution in [0.3, 0.4) is 0 Å². The number of nitrogens with zero attached hydrogens (tertiary/aromatic N) is 2. The molecule has 1 amide bonds. The van der Waals surface area contributed by atoms with Crippen molar-refractivity contribution in [3.63, 3.8) is 0 Å². The summed E-state index contributed by atoms with van der Waals surface area (Å²) in [6, 6.07) is 17.0. The van der Waals surface area contributed by atoms with Crippen LogP contribution >= 0.6 is 0 Å². The van der Waals surface area contributed by atoms with E-state index in [2.05, 4.69) is 6.07 Å². The van der Waals surface area contributed by atoms with Crippen molar-refractivity contribution in [2.24, 2.45) is 0 Å². The van der Waals surface area contributed by atoms with Gasteiger partial charge in [0.1, 0.15) is 12.4 Å². The second-order valence-electron chi connectivity index (χ2n) is 5.24. The molecule has 0 bridgehead atoms. The van der Waals surface area contributed by atoms with Crippen LogP contribution < -0.4 is 9.64 Å². The quantitative estimate of drug-likeness (QED) is 0.869. The number of anilines is 1. The summed E-state index contributed by atoms with van der Waals surface area (Å²) in [5, 5.41) is 8.76. The summed E-state index contributed by atoms with van der Waals surface area (Å²) >= 11 is 0. The first kappa shape index (κ1) is 14.2. The highest BCUT2D eigenvalue weighted by molar-refractivity contribution is 5.95. The van der Waals surface area contributed by atoms with Crippen molar-refractivity contribution in [3.8, 4) is 11.8 Å². The Morgan fingerprint density at radius 2 is 1.82 bits per heavy atom. The Balaban J connectivity index is 1.61. The van der Waals surface area contributed by atoms with Crippen LogP contribution in [0.15, 0.2) is 48.5 Å². The average Bonchev–Trinajstić information content (AvgIpc) is 3.00. The third kappa shape index (κ3) is 3.09. The van der Waals surface area contributed by atoms with Crippen LogP contribution in [0.4, 0.5) is 5.69 Å². The van der Waals surface area contributed by atoms with Gasteiger partial charge in [0.05, 0.1) is 11.6 Å². The van der Waals surface area contributed by atoms with Crippen LogP contribution in [0, 0.1) is 11.3 Å². The Hall–Kier alpha value is -2.80. The zero-order chi connectivity index (χ0) is 15.4. The number of rotatable bonds is 4. The minimum Gasteiger partial charge on any atom is -0.489 e. The van der Waals surface area contributed by atoms with Crippen LogP contribution in [0.2, 0.25) is 0 Å². The molecule has 0 spiro atoms. The molecule has 0 atom stereocenters. The van der Waals surface area contributed by atoms with Crippen LogP contribution in [-0.4, -0.2) is 12.5 Å². The van der Waals surface area contributed by atoms with Gasteiger partial charge in [-0.1, -0.05) is 12.1 Å². The van der Waals surface area contributed by atoms with E-state index in [1.54, 1.807) is 12.1 Å². The number of nitriles is 1. The zero-order valence-corrected chi connectivity index (χ0v) is 12.2. The molecule has 22 heavy (non-hydrogen) atoms. The van der Waals surface area contributed by atoms with Crippen molar-refractivity contribution < 1.29 is 9.53 Å². The summed E-state index contributed by atoms with van der Waals surface area (Å²) in [7, 11) is 0. The normalized spacial score (nSPS) is 14.0. The van der Waals surface area contributed by atoms with Gasteiger partial charge in [0.25, 0.3) is 0 Å². The molecule has 2 aromatic carbocycles. The number of carbonyl (C=O) groups excluding carboxylic acids is 1. The van der Waals surface area contributed by atoms with Crippen molar-refractivity contribution in [1.82, 2.24) is 0 Å². The highest BCUT2D eigenvalue weighted by atomic mass is 16.5. The van der Waals surface area contributed by atoms with Crippen molar-refractivity contribution >= 4 is 11.6 Å². The van der Waals surface area contributed by atoms with Crippen LogP contribution in [0.25, 0.3) is 0 Å². The van der Waals surface area contributed by atoms with E-state index in [0.29, 0.717) is 18.6 Å². The maximum Gasteiger partial charge on any atom is 0.227 e. The molecule has 0 unspecified atom stereocenters. The topological polar surface area (TPSA) is 53.3 Å². The van der Waals surface area contributed by atoms with E-state index < -0.39 is 0 Å². The Bertz CT molecular complexity index is 699. The van der Waals surface area contributed by atoms with Gasteiger partial charge in [-0.3, -0.25) is 4.79 Å². The predicted molar refractivity (Wildman–Crippen MR) is 83.5 cm³/mol. The Morgan fingerprint density at radius 1 is 1.09 bits per heavy atom. The first-order chi connectivity index (χ1) is 10.8. The van der Waals surface area contributed by atoms with Gasteiger partial charge in [-0.2, -0.15) is 5.26 Å². The highest BCUT2D eigenvalue weighted by Crippen LogP contribution is 2.24. The molecular weight excluding hydrogens is 276 g/mol. The lowest BCUT2D eigenvalue weighted by molar-refractivity contribution is -0.117. The smallest absolute Gasteiger partial charge is 0.227 e. The maximum atomic E-state index is 11.7. The number of ether oxygens (including phenoxy) is 1. The predicted octanol–water partition coefficient (Wildman–Crippen LogP) is 3.26. The zero-order valence-electron chi connectivity index (χ0n) is 12.2. The molecule has 1 aliphatic heterocycles. The number of hydrogen-bond donors (Lipinski definition) is 0. The van der Waals surface area contributed by atoms with E-state index in [0.717, 1.165) is 30.0 Å². The van der Waals surface area contributed by atoms with E-state index in [1.807, 2.05) is 41.3 Å². The van der Waals surface area contributed by atoms with Crippen LogP contribution in [0.5, 0.6) is 5.75 Å². The number of carbonyl (C=O) groups is 1. The minimum atomic E-state index is 0.186. The standard InChI is InChI=1S/C18H16N2O2/c19-12-14-3-5-15(6-4-14)13-22-17-9-7-16(8-10-17)20-11-1-2-18(20)21/h3-10H,1-2,11,13H2. The summed E-state index contributed by atoms with van der Waals surface area (Å²) in [4.78, 5) is 13.5. The molecule has 0 aromatic heterocycles. The number of amides is 1. The third-order valence-corrected chi connectivity index (χ3v) is 3.71. The summed E-state index contributed by atoms with van der Waals surface area (Å²) in [5.41, 5.74) is 2.58. The fourth-order valence-electron chi connectivity index (χ4n) is 2.49. The minimum absolute atomic E-state index is 0.186. The molecule has 0 radical (unpaired) electrons. The number of benzene rings is 2. The Morgan fingerprint density at radius 3 is 2.41 bits per heavy atom. The molecule has 4 heteroatoms. The summed E-state index contributed by atoms with van der Waals surface area (Å²) in [5.74, 6) is 0.950. The lowest BCUT2D eigenvalue weighted by Crippen LogP contribution is -2.23. The molecule has 110 valence electrons. The van der Waals surface area contributed by atoms with Gasteiger partial charge in [-0.15, -0.1) is 0 Å². The molecular formula is C18H16N2O2. The molecule has 1 aliphatic rings. The molecule has 3 rings (SSSR count). The molecule has 0 aliphatic carbocycles. The lowest BCUT2D eigenvalue weighted by Gasteiger charge is -2.16. The second-order valence-corrected chi connectivity index (χ2v) is 5.24. The highest BCUT2D eigenvalue weighted by Gasteiger charge is 2.21. The van der Waals surface area contributed by atoms with Gasteiger partial charge >= 0.3 is 0 Å². The molecule has 1 heterocycles. The molecule has 0 N–H and O–H groups in total. The molecule has 1 saturated heterocycles. The lowest BCUT2D eigenvalue weighted by atomic mass is 10.1. The monoisotopic (exact) mass is 292 g/mol. The van der Waals surface area contributed by atoms with Crippen molar-refractivity contribution in [1.29, 1.82) is 5.26 Å². The Labute approximate surface area is 129 Å². The molecule has 0 saturated carbocycles. The molecule has 2 aromatic rings. The van der Waals surface area contributed by atoms with Gasteiger partial charge in [0.2, 0.25) is 5.91 Å². The largest absolute Gasteiger partial charge is 0.489 e. The van der Waals surface area contributed by atoms with E-state index in [4.69, 9.17) is 10.00 Å².